The summed E-state index contributed by atoms with van der Waals surface area (Å²) in [6, 6.07) is 6.77. The molecule has 0 heterocycles. The number of halogens is 5. The van der Waals surface area contributed by atoms with Crippen LogP contribution in [0.25, 0.3) is 0 Å². The van der Waals surface area contributed by atoms with Crippen molar-refractivity contribution in [3.05, 3.63) is 56.5 Å². The zero-order valence-electron chi connectivity index (χ0n) is 10.8. The molecule has 0 unspecified atom stereocenters. The summed E-state index contributed by atoms with van der Waals surface area (Å²) in [6.45, 7) is 0. The number of amides is 1. The van der Waals surface area contributed by atoms with E-state index in [1.807, 2.05) is 0 Å². The number of hydrogen-bond acceptors (Lipinski definition) is 2. The fourth-order valence-electron chi connectivity index (χ4n) is 1.60. The third kappa shape index (κ3) is 4.35. The largest absolute Gasteiger partial charge is 0.322 e. The number of thioether (sulfide) groups is 1. The lowest BCUT2D eigenvalue weighted by atomic mass is 10.3. The minimum atomic E-state index is -0.860. The van der Waals surface area contributed by atoms with Gasteiger partial charge in [-0.25, -0.2) is 8.78 Å². The van der Waals surface area contributed by atoms with Crippen molar-refractivity contribution in [1.82, 2.24) is 0 Å². The van der Waals surface area contributed by atoms with Crippen LogP contribution in [0.3, 0.4) is 0 Å². The molecule has 22 heavy (non-hydrogen) atoms. The molecule has 2 aromatic carbocycles. The van der Waals surface area contributed by atoms with Crippen molar-refractivity contribution in [2.75, 3.05) is 11.1 Å². The van der Waals surface area contributed by atoms with Crippen LogP contribution in [0.2, 0.25) is 10.0 Å². The molecule has 0 radical (unpaired) electrons. The van der Waals surface area contributed by atoms with Gasteiger partial charge >= 0.3 is 0 Å². The molecule has 1 amide bonds. The highest BCUT2D eigenvalue weighted by Gasteiger charge is 2.14. The average molecular weight is 427 g/mol. The summed E-state index contributed by atoms with van der Waals surface area (Å²) >= 11 is 16.1. The SMILES string of the molecule is O=C(CSc1c(Cl)cccc1Cl)Nc1c(F)cc(F)cc1Br. The van der Waals surface area contributed by atoms with Crippen molar-refractivity contribution in [3.8, 4) is 0 Å². The molecular formula is C14H8BrCl2F2NOS. The molecule has 0 saturated carbocycles. The van der Waals surface area contributed by atoms with Crippen LogP contribution in [0, 0.1) is 11.6 Å². The maximum absolute atomic E-state index is 13.6. The van der Waals surface area contributed by atoms with Crippen molar-refractivity contribution in [2.45, 2.75) is 4.90 Å². The van der Waals surface area contributed by atoms with E-state index in [4.69, 9.17) is 23.2 Å². The second-order valence-electron chi connectivity index (χ2n) is 4.13. The molecule has 8 heteroatoms. The lowest BCUT2D eigenvalue weighted by molar-refractivity contribution is -0.113. The maximum Gasteiger partial charge on any atom is 0.234 e. The summed E-state index contributed by atoms with van der Waals surface area (Å²) in [6.07, 6.45) is 0. The lowest BCUT2D eigenvalue weighted by Crippen LogP contribution is -2.15. The minimum absolute atomic E-state index is 0.0211. The molecule has 2 aromatic rings. The molecule has 116 valence electrons. The number of benzene rings is 2. The van der Waals surface area contributed by atoms with E-state index in [0.29, 0.717) is 21.0 Å². The highest BCUT2D eigenvalue weighted by atomic mass is 79.9. The van der Waals surface area contributed by atoms with Gasteiger partial charge in [0.05, 0.1) is 21.5 Å². The molecule has 0 atom stereocenters. The van der Waals surface area contributed by atoms with Gasteiger partial charge in [0.25, 0.3) is 0 Å². The third-order valence-corrected chi connectivity index (χ3v) is 5.15. The molecule has 0 spiro atoms. The summed E-state index contributed by atoms with van der Waals surface area (Å²) < 4.78 is 26.7. The quantitative estimate of drug-likeness (QED) is 0.629. The number of carbonyl (C=O) groups excluding carboxylic acids is 1. The van der Waals surface area contributed by atoms with E-state index in [9.17, 15) is 13.6 Å². The maximum atomic E-state index is 13.6. The smallest absolute Gasteiger partial charge is 0.234 e. The number of carbonyl (C=O) groups is 1. The summed E-state index contributed by atoms with van der Waals surface area (Å²) in [5, 5.41) is 3.24. The van der Waals surface area contributed by atoms with Crippen molar-refractivity contribution in [2.24, 2.45) is 0 Å². The lowest BCUT2D eigenvalue weighted by Gasteiger charge is -2.10. The number of hydrogen-bond donors (Lipinski definition) is 1. The monoisotopic (exact) mass is 425 g/mol. The predicted octanol–water partition coefficient (Wildman–Crippen LogP) is 5.76. The van der Waals surface area contributed by atoms with Crippen molar-refractivity contribution in [3.63, 3.8) is 0 Å². The molecule has 0 saturated heterocycles. The summed E-state index contributed by atoms with van der Waals surface area (Å²) in [7, 11) is 0. The van der Waals surface area contributed by atoms with Crippen molar-refractivity contribution in [1.29, 1.82) is 0 Å². The van der Waals surface area contributed by atoms with Crippen LogP contribution < -0.4 is 5.32 Å². The molecular weight excluding hydrogens is 419 g/mol. The summed E-state index contributed by atoms with van der Waals surface area (Å²) in [5.41, 5.74) is -0.114. The summed E-state index contributed by atoms with van der Waals surface area (Å²) in [5.74, 6) is -2.08. The van der Waals surface area contributed by atoms with Gasteiger partial charge in [-0.2, -0.15) is 0 Å². The zero-order valence-corrected chi connectivity index (χ0v) is 14.7. The zero-order chi connectivity index (χ0) is 16.3. The van der Waals surface area contributed by atoms with E-state index in [1.54, 1.807) is 18.2 Å². The molecule has 0 fully saturated rings. The second-order valence-corrected chi connectivity index (χ2v) is 6.79. The molecule has 0 aromatic heterocycles. The Hall–Kier alpha value is -0.820. The van der Waals surface area contributed by atoms with Crippen molar-refractivity contribution < 1.29 is 13.6 Å². The predicted molar refractivity (Wildman–Crippen MR) is 89.9 cm³/mol. The van der Waals surface area contributed by atoms with Gasteiger partial charge in [0.1, 0.15) is 5.82 Å². The van der Waals surface area contributed by atoms with Gasteiger partial charge in [-0.05, 0) is 34.1 Å². The van der Waals surface area contributed by atoms with Crippen LogP contribution in [0.5, 0.6) is 0 Å². The van der Waals surface area contributed by atoms with Crippen LogP contribution in [0.1, 0.15) is 0 Å². The van der Waals surface area contributed by atoms with E-state index in [0.717, 1.165) is 17.8 Å². The van der Waals surface area contributed by atoms with Crippen LogP contribution in [-0.4, -0.2) is 11.7 Å². The van der Waals surface area contributed by atoms with E-state index < -0.39 is 17.5 Å². The standard InChI is InChI=1S/C14H8BrCl2F2NOS/c15-8-4-7(18)5-11(19)13(8)20-12(21)6-22-14-9(16)2-1-3-10(14)17/h1-5H,6H2,(H,20,21). The first-order valence-corrected chi connectivity index (χ1v) is 8.43. The molecule has 0 bridgehead atoms. The van der Waals surface area contributed by atoms with Gasteiger partial charge < -0.3 is 5.32 Å². The topological polar surface area (TPSA) is 29.1 Å². The van der Waals surface area contributed by atoms with Crippen LogP contribution in [0.4, 0.5) is 14.5 Å². The molecule has 0 aliphatic heterocycles. The number of anilines is 1. The Morgan fingerprint density at radius 2 is 1.86 bits per heavy atom. The van der Waals surface area contributed by atoms with Gasteiger partial charge in [0.2, 0.25) is 5.91 Å². The van der Waals surface area contributed by atoms with Crippen LogP contribution >= 0.6 is 50.9 Å². The fraction of sp³-hybridized carbons (Fsp3) is 0.0714. The van der Waals surface area contributed by atoms with E-state index >= 15 is 0 Å². The number of rotatable bonds is 4. The van der Waals surface area contributed by atoms with E-state index in [-0.39, 0.29) is 15.9 Å². The first-order chi connectivity index (χ1) is 10.4. The Kier molecular flexibility index (Phi) is 6.09. The van der Waals surface area contributed by atoms with Gasteiger partial charge in [-0.3, -0.25) is 4.79 Å². The Balaban J connectivity index is 2.05. The number of nitrogens with one attached hydrogen (secondary N) is 1. The Morgan fingerprint density at radius 1 is 1.23 bits per heavy atom. The molecule has 1 N–H and O–H groups in total. The van der Waals surface area contributed by atoms with Crippen molar-refractivity contribution >= 4 is 62.5 Å². The van der Waals surface area contributed by atoms with E-state index in [2.05, 4.69) is 21.2 Å². The Morgan fingerprint density at radius 3 is 2.45 bits per heavy atom. The Bertz CT molecular complexity index is 687. The van der Waals surface area contributed by atoms with Gasteiger partial charge in [0.15, 0.2) is 5.82 Å². The highest BCUT2D eigenvalue weighted by Crippen LogP contribution is 2.34. The van der Waals surface area contributed by atoms with Crippen LogP contribution in [-0.2, 0) is 4.79 Å². The van der Waals surface area contributed by atoms with Gasteiger partial charge in [0, 0.05) is 15.4 Å². The van der Waals surface area contributed by atoms with E-state index in [1.165, 1.54) is 0 Å². The molecule has 0 aliphatic rings. The molecule has 0 aliphatic carbocycles. The molecule has 2 rings (SSSR count). The first kappa shape index (κ1) is 17.5. The second kappa shape index (κ2) is 7.64. The van der Waals surface area contributed by atoms with Gasteiger partial charge in [-0.1, -0.05) is 29.3 Å². The molecule has 2 nitrogen and oxygen atoms in total. The minimum Gasteiger partial charge on any atom is -0.322 e. The highest BCUT2D eigenvalue weighted by molar-refractivity contribution is 9.10. The fourth-order valence-corrected chi connectivity index (χ4v) is 3.59. The van der Waals surface area contributed by atoms with Crippen LogP contribution in [0.15, 0.2) is 39.7 Å². The Labute approximate surface area is 148 Å². The third-order valence-electron chi connectivity index (χ3n) is 2.54. The normalized spacial score (nSPS) is 10.6. The first-order valence-electron chi connectivity index (χ1n) is 5.89. The summed E-state index contributed by atoms with van der Waals surface area (Å²) in [4.78, 5) is 12.5. The van der Waals surface area contributed by atoms with Gasteiger partial charge in [-0.15, -0.1) is 11.8 Å². The average Bonchev–Trinajstić information content (AvgIpc) is 2.42.